The van der Waals surface area contributed by atoms with Gasteiger partial charge in [-0.05, 0) is 35.7 Å². The third kappa shape index (κ3) is 2.45. The molecule has 0 aliphatic rings. The quantitative estimate of drug-likeness (QED) is 0.785. The lowest BCUT2D eigenvalue weighted by Gasteiger charge is -2.13. The summed E-state index contributed by atoms with van der Waals surface area (Å²) in [6, 6.07) is 11.5. The summed E-state index contributed by atoms with van der Waals surface area (Å²) in [5, 5.41) is 0. The van der Waals surface area contributed by atoms with Crippen LogP contribution in [0.4, 0.5) is 0 Å². The molecule has 2 aromatic carbocycles. The van der Waals surface area contributed by atoms with Gasteiger partial charge in [-0.15, -0.1) is 0 Å². The van der Waals surface area contributed by atoms with Crippen molar-refractivity contribution in [2.75, 3.05) is 14.2 Å². The highest BCUT2D eigenvalue weighted by molar-refractivity contribution is 5.90. The van der Waals surface area contributed by atoms with E-state index in [-0.39, 0.29) is 0 Å². The van der Waals surface area contributed by atoms with E-state index in [9.17, 15) is 4.79 Å². The van der Waals surface area contributed by atoms with Crippen LogP contribution in [0.25, 0.3) is 11.1 Å². The number of hydrogen-bond acceptors (Lipinski definition) is 3. The molecule has 3 nitrogen and oxygen atoms in total. The van der Waals surface area contributed by atoms with Crippen molar-refractivity contribution in [3.63, 3.8) is 0 Å². The minimum atomic E-state index is 0.557. The summed E-state index contributed by atoms with van der Waals surface area (Å²) < 4.78 is 10.5. The molecule has 0 spiro atoms. The predicted molar refractivity (Wildman–Crippen MR) is 75.1 cm³/mol. The molecule has 19 heavy (non-hydrogen) atoms. The average molecular weight is 256 g/mol. The van der Waals surface area contributed by atoms with Gasteiger partial charge >= 0.3 is 0 Å². The number of benzene rings is 2. The molecule has 0 amide bonds. The van der Waals surface area contributed by atoms with Gasteiger partial charge in [-0.2, -0.15) is 0 Å². The van der Waals surface area contributed by atoms with Crippen LogP contribution in [0.15, 0.2) is 36.4 Å². The summed E-state index contributed by atoms with van der Waals surface area (Å²) in [6.07, 6.45) is 0.837. The monoisotopic (exact) mass is 256 g/mol. The van der Waals surface area contributed by atoms with Gasteiger partial charge in [0.15, 0.2) is 17.8 Å². The molecule has 0 aliphatic heterocycles. The number of rotatable bonds is 4. The van der Waals surface area contributed by atoms with E-state index in [0.717, 1.165) is 23.0 Å². The molecule has 0 aliphatic carbocycles. The van der Waals surface area contributed by atoms with Gasteiger partial charge in [0.1, 0.15) is 0 Å². The third-order valence-electron chi connectivity index (χ3n) is 3.12. The van der Waals surface area contributed by atoms with Crippen LogP contribution in [-0.2, 0) is 0 Å². The molecule has 0 atom stereocenters. The summed E-state index contributed by atoms with van der Waals surface area (Å²) >= 11 is 0. The number of carbonyl (C=O) groups is 1. The fraction of sp³-hybridized carbons (Fsp3) is 0.188. The number of carbonyl (C=O) groups excluding carboxylic acids is 1. The first-order chi connectivity index (χ1) is 9.21. The maximum absolute atomic E-state index is 11.3. The average Bonchev–Trinajstić information content (AvgIpc) is 2.46. The molecule has 0 bridgehead atoms. The maximum Gasteiger partial charge on any atom is 0.161 e. The Labute approximate surface area is 112 Å². The highest BCUT2D eigenvalue weighted by Crippen LogP contribution is 2.36. The second-order valence-electron chi connectivity index (χ2n) is 4.23. The standard InChI is InChI=1S/C16H16O3/c1-11-6-4-5-7-13(11)14-9-16(19-3)15(18-2)8-12(14)10-17/h4-10H,1-3H3. The van der Waals surface area contributed by atoms with E-state index in [1.54, 1.807) is 20.3 Å². The van der Waals surface area contributed by atoms with Crippen molar-refractivity contribution in [3.8, 4) is 22.6 Å². The second kappa shape index (κ2) is 5.57. The minimum Gasteiger partial charge on any atom is -0.493 e. The molecule has 0 fully saturated rings. The zero-order chi connectivity index (χ0) is 13.8. The van der Waals surface area contributed by atoms with Crippen LogP contribution >= 0.6 is 0 Å². The smallest absolute Gasteiger partial charge is 0.161 e. The lowest BCUT2D eigenvalue weighted by molar-refractivity contribution is 0.112. The van der Waals surface area contributed by atoms with Gasteiger partial charge in [0.05, 0.1) is 14.2 Å². The van der Waals surface area contributed by atoms with E-state index >= 15 is 0 Å². The number of ether oxygens (including phenoxy) is 2. The third-order valence-corrected chi connectivity index (χ3v) is 3.12. The first-order valence-corrected chi connectivity index (χ1v) is 5.98. The van der Waals surface area contributed by atoms with Crippen LogP contribution in [-0.4, -0.2) is 20.5 Å². The van der Waals surface area contributed by atoms with Crippen molar-refractivity contribution in [1.82, 2.24) is 0 Å². The first-order valence-electron chi connectivity index (χ1n) is 5.98. The molecule has 0 N–H and O–H groups in total. The zero-order valence-corrected chi connectivity index (χ0v) is 11.3. The van der Waals surface area contributed by atoms with E-state index in [4.69, 9.17) is 9.47 Å². The van der Waals surface area contributed by atoms with E-state index in [1.807, 2.05) is 37.3 Å². The fourth-order valence-corrected chi connectivity index (χ4v) is 2.10. The Morgan fingerprint density at radius 1 is 0.947 bits per heavy atom. The molecular weight excluding hydrogens is 240 g/mol. The van der Waals surface area contributed by atoms with Crippen LogP contribution in [0.1, 0.15) is 15.9 Å². The van der Waals surface area contributed by atoms with Crippen LogP contribution in [0.2, 0.25) is 0 Å². The van der Waals surface area contributed by atoms with Crippen molar-refractivity contribution in [3.05, 3.63) is 47.5 Å². The lowest BCUT2D eigenvalue weighted by Crippen LogP contribution is -1.96. The van der Waals surface area contributed by atoms with Gasteiger partial charge in [-0.25, -0.2) is 0 Å². The molecule has 2 aromatic rings. The number of aldehydes is 1. The van der Waals surface area contributed by atoms with E-state index in [0.29, 0.717) is 17.1 Å². The summed E-state index contributed by atoms with van der Waals surface area (Å²) in [6.45, 7) is 2.01. The molecule has 0 heterocycles. The molecule has 0 saturated heterocycles. The number of methoxy groups -OCH3 is 2. The maximum atomic E-state index is 11.3. The Bertz CT molecular complexity index is 603. The first kappa shape index (κ1) is 13.1. The normalized spacial score (nSPS) is 10.1. The topological polar surface area (TPSA) is 35.5 Å². The van der Waals surface area contributed by atoms with Crippen molar-refractivity contribution in [2.45, 2.75) is 6.92 Å². The number of aryl methyl sites for hydroxylation is 1. The largest absolute Gasteiger partial charge is 0.493 e. The molecule has 98 valence electrons. The molecule has 0 unspecified atom stereocenters. The Morgan fingerprint density at radius 2 is 1.58 bits per heavy atom. The SMILES string of the molecule is COc1cc(C=O)c(-c2ccccc2C)cc1OC. The zero-order valence-electron chi connectivity index (χ0n) is 11.3. The predicted octanol–water partition coefficient (Wildman–Crippen LogP) is 3.49. The van der Waals surface area contributed by atoms with Gasteiger partial charge in [0, 0.05) is 5.56 Å². The molecule has 2 rings (SSSR count). The second-order valence-corrected chi connectivity index (χ2v) is 4.23. The van der Waals surface area contributed by atoms with Crippen molar-refractivity contribution in [2.24, 2.45) is 0 Å². The van der Waals surface area contributed by atoms with Crippen molar-refractivity contribution in [1.29, 1.82) is 0 Å². The van der Waals surface area contributed by atoms with Crippen LogP contribution in [0.3, 0.4) is 0 Å². The Morgan fingerprint density at radius 3 is 2.16 bits per heavy atom. The van der Waals surface area contributed by atoms with Gasteiger partial charge in [-0.1, -0.05) is 24.3 Å². The molecule has 0 radical (unpaired) electrons. The lowest BCUT2D eigenvalue weighted by atomic mass is 9.96. The number of hydrogen-bond donors (Lipinski definition) is 0. The Balaban J connectivity index is 2.69. The van der Waals surface area contributed by atoms with Gasteiger partial charge < -0.3 is 9.47 Å². The van der Waals surface area contributed by atoms with E-state index in [2.05, 4.69) is 0 Å². The molecule has 3 heteroatoms. The molecule has 0 aromatic heterocycles. The fourth-order valence-electron chi connectivity index (χ4n) is 2.10. The van der Waals surface area contributed by atoms with Crippen molar-refractivity contribution >= 4 is 6.29 Å². The Hall–Kier alpha value is -2.29. The van der Waals surface area contributed by atoms with E-state index < -0.39 is 0 Å². The molecular formula is C16H16O3. The highest BCUT2D eigenvalue weighted by Gasteiger charge is 2.13. The van der Waals surface area contributed by atoms with Gasteiger partial charge in [0.25, 0.3) is 0 Å². The van der Waals surface area contributed by atoms with E-state index in [1.165, 1.54) is 0 Å². The highest BCUT2D eigenvalue weighted by atomic mass is 16.5. The van der Waals surface area contributed by atoms with Crippen LogP contribution < -0.4 is 9.47 Å². The summed E-state index contributed by atoms with van der Waals surface area (Å²) in [7, 11) is 3.14. The summed E-state index contributed by atoms with van der Waals surface area (Å²) in [5.74, 6) is 1.17. The summed E-state index contributed by atoms with van der Waals surface area (Å²) in [5.41, 5.74) is 3.57. The van der Waals surface area contributed by atoms with Gasteiger partial charge in [-0.3, -0.25) is 4.79 Å². The minimum absolute atomic E-state index is 0.557. The summed E-state index contributed by atoms with van der Waals surface area (Å²) in [4.78, 5) is 11.3. The Kier molecular flexibility index (Phi) is 3.85. The molecule has 0 saturated carbocycles. The van der Waals surface area contributed by atoms with Crippen LogP contribution in [0, 0.1) is 6.92 Å². The van der Waals surface area contributed by atoms with Crippen molar-refractivity contribution < 1.29 is 14.3 Å². The van der Waals surface area contributed by atoms with Gasteiger partial charge in [0.2, 0.25) is 0 Å². The van der Waals surface area contributed by atoms with Crippen LogP contribution in [0.5, 0.6) is 11.5 Å².